The minimum atomic E-state index is -0.694. The van der Waals surface area contributed by atoms with Crippen LogP contribution in [0.25, 0.3) is 11.1 Å². The second-order valence-electron chi connectivity index (χ2n) is 11.6. The fourth-order valence-corrected chi connectivity index (χ4v) is 5.75. The minimum absolute atomic E-state index is 0.0494. The number of benzene rings is 3. The normalized spacial score (nSPS) is 20.7. The van der Waals surface area contributed by atoms with Crippen LogP contribution in [0.1, 0.15) is 61.4 Å². The lowest BCUT2D eigenvalue weighted by Gasteiger charge is -2.22. The second kappa shape index (κ2) is 8.51. The molecule has 182 valence electrons. The van der Waals surface area contributed by atoms with E-state index in [-0.39, 0.29) is 22.6 Å². The van der Waals surface area contributed by atoms with Gasteiger partial charge in [0.05, 0.1) is 5.92 Å². The van der Waals surface area contributed by atoms with Crippen LogP contribution in [-0.2, 0) is 29.7 Å². The van der Waals surface area contributed by atoms with Crippen molar-refractivity contribution in [1.29, 1.82) is 0 Å². The number of aliphatic carboxylic acids is 1. The summed E-state index contributed by atoms with van der Waals surface area (Å²) in [6.45, 7) is 8.96. The van der Waals surface area contributed by atoms with Crippen molar-refractivity contribution >= 4 is 5.97 Å². The van der Waals surface area contributed by atoms with Gasteiger partial charge in [0.15, 0.2) is 0 Å². The smallest absolute Gasteiger partial charge is 0.307 e. The number of ether oxygens (including phenoxy) is 1. The third kappa shape index (κ3) is 4.59. The van der Waals surface area contributed by atoms with Gasteiger partial charge in [0.2, 0.25) is 0 Å². The zero-order valence-corrected chi connectivity index (χ0v) is 21.0. The Bertz CT molecular complexity index is 1300. The third-order valence-corrected chi connectivity index (χ3v) is 7.54. The van der Waals surface area contributed by atoms with E-state index >= 15 is 0 Å². The molecule has 1 spiro atoms. The molecule has 2 atom stereocenters. The number of hydrogen-bond acceptors (Lipinski definition) is 2. The molecule has 1 N–H and O–H groups in total. The molecule has 1 saturated carbocycles. The van der Waals surface area contributed by atoms with E-state index in [4.69, 9.17) is 4.74 Å². The summed E-state index contributed by atoms with van der Waals surface area (Å²) in [6.07, 6.45) is 3.40. The predicted molar refractivity (Wildman–Crippen MR) is 136 cm³/mol. The fraction of sp³-hybridized carbons (Fsp3) is 0.387. The molecule has 4 heteroatoms. The van der Waals surface area contributed by atoms with Crippen molar-refractivity contribution < 1.29 is 19.0 Å². The van der Waals surface area contributed by atoms with Crippen LogP contribution in [0.3, 0.4) is 0 Å². The Morgan fingerprint density at radius 2 is 1.89 bits per heavy atom. The number of aryl methyl sites for hydroxylation is 2. The Hall–Kier alpha value is -3.14. The minimum Gasteiger partial charge on any atom is -0.489 e. The van der Waals surface area contributed by atoms with Gasteiger partial charge in [0, 0.05) is 11.0 Å². The Balaban J connectivity index is 1.40. The maximum atomic E-state index is 14.7. The van der Waals surface area contributed by atoms with Gasteiger partial charge >= 0.3 is 5.97 Å². The van der Waals surface area contributed by atoms with E-state index in [1.807, 2.05) is 31.2 Å². The molecule has 0 heterocycles. The lowest BCUT2D eigenvalue weighted by atomic mass is 9.84. The fourth-order valence-electron chi connectivity index (χ4n) is 5.75. The van der Waals surface area contributed by atoms with Crippen LogP contribution in [0.4, 0.5) is 4.39 Å². The third-order valence-electron chi connectivity index (χ3n) is 7.54. The van der Waals surface area contributed by atoms with Gasteiger partial charge in [-0.1, -0.05) is 56.7 Å². The van der Waals surface area contributed by atoms with Gasteiger partial charge in [-0.25, -0.2) is 4.39 Å². The molecule has 5 rings (SSSR count). The van der Waals surface area contributed by atoms with Crippen molar-refractivity contribution in [2.75, 3.05) is 0 Å². The quantitative estimate of drug-likeness (QED) is 0.411. The highest BCUT2D eigenvalue weighted by Crippen LogP contribution is 2.62. The molecular weight excluding hydrogens is 439 g/mol. The molecule has 3 nitrogen and oxygen atoms in total. The number of rotatable bonds is 6. The summed E-state index contributed by atoms with van der Waals surface area (Å²) >= 11 is 0. The van der Waals surface area contributed by atoms with E-state index in [9.17, 15) is 14.3 Å². The maximum Gasteiger partial charge on any atom is 0.307 e. The van der Waals surface area contributed by atoms with Crippen LogP contribution in [0.2, 0.25) is 0 Å². The molecule has 0 aliphatic heterocycles. The van der Waals surface area contributed by atoms with Crippen molar-refractivity contribution in [2.24, 2.45) is 11.3 Å². The first-order valence-corrected chi connectivity index (χ1v) is 12.4. The number of hydrogen-bond donors (Lipinski definition) is 1. The number of carboxylic acids is 1. The lowest BCUT2D eigenvalue weighted by Crippen LogP contribution is -2.12. The molecule has 2 aliphatic carbocycles. The van der Waals surface area contributed by atoms with Crippen molar-refractivity contribution in [3.8, 4) is 16.9 Å². The molecule has 3 aromatic rings. The van der Waals surface area contributed by atoms with Crippen LogP contribution >= 0.6 is 0 Å². The van der Waals surface area contributed by atoms with E-state index < -0.39 is 5.97 Å². The summed E-state index contributed by atoms with van der Waals surface area (Å²) in [6, 6.07) is 17.5. The molecule has 0 bridgehead atoms. The van der Waals surface area contributed by atoms with Gasteiger partial charge in [0.25, 0.3) is 0 Å². The highest BCUT2D eigenvalue weighted by Gasteiger charge is 2.61. The average molecular weight is 473 g/mol. The molecule has 3 aromatic carbocycles. The zero-order valence-electron chi connectivity index (χ0n) is 21.0. The molecule has 1 fully saturated rings. The summed E-state index contributed by atoms with van der Waals surface area (Å²) in [5.41, 5.74) is 7.00. The summed E-state index contributed by atoms with van der Waals surface area (Å²) in [5.74, 6) is -0.400. The standard InChI is InChI=1S/C31H33FO3/c1-19-5-10-28(32)25(13-19)24-9-6-20(14-22(24)16-30(2,3)4)18-35-23-8-7-21-11-12-31(26(21)15-23)17-27(31)29(33)34/h5-10,13-15,27H,11-12,16-18H2,1-4H3,(H,33,34)/t27-,31-/m0/s1. The van der Waals surface area contributed by atoms with Gasteiger partial charge in [-0.15, -0.1) is 0 Å². The Labute approximate surface area is 207 Å². The highest BCUT2D eigenvalue weighted by molar-refractivity contribution is 5.78. The molecule has 0 aromatic heterocycles. The topological polar surface area (TPSA) is 46.5 Å². The van der Waals surface area contributed by atoms with Gasteiger partial charge in [-0.2, -0.15) is 0 Å². The van der Waals surface area contributed by atoms with Crippen molar-refractivity contribution in [3.63, 3.8) is 0 Å². The predicted octanol–water partition coefficient (Wildman–Crippen LogP) is 7.26. The molecule has 2 aliphatic rings. The SMILES string of the molecule is Cc1ccc(F)c(-c2ccc(COc3ccc4c(c3)[C@]3(CC4)C[C@H]3C(=O)O)cc2CC(C)(C)C)c1. The van der Waals surface area contributed by atoms with Gasteiger partial charge < -0.3 is 9.84 Å². The van der Waals surface area contributed by atoms with Crippen molar-refractivity contribution in [3.05, 3.63) is 88.2 Å². The number of fused-ring (bicyclic) bond motifs is 2. The molecule has 0 radical (unpaired) electrons. The molecule has 0 saturated heterocycles. The Kier molecular flexibility index (Phi) is 5.74. The largest absolute Gasteiger partial charge is 0.489 e. The number of halogens is 1. The average Bonchev–Trinajstić information content (AvgIpc) is 3.43. The first-order valence-electron chi connectivity index (χ1n) is 12.4. The van der Waals surface area contributed by atoms with Crippen molar-refractivity contribution in [1.82, 2.24) is 0 Å². The Morgan fingerprint density at radius 3 is 2.60 bits per heavy atom. The monoisotopic (exact) mass is 472 g/mol. The first-order chi connectivity index (χ1) is 16.6. The molecule has 0 amide bonds. The number of carboxylic acid groups (broad SMARTS) is 1. The maximum absolute atomic E-state index is 14.7. The van der Waals surface area contributed by atoms with E-state index in [1.54, 1.807) is 6.07 Å². The summed E-state index contributed by atoms with van der Waals surface area (Å²) in [4.78, 5) is 11.6. The zero-order chi connectivity index (χ0) is 25.0. The van der Waals surface area contributed by atoms with Crippen molar-refractivity contribution in [2.45, 2.75) is 65.4 Å². The van der Waals surface area contributed by atoms with Crippen LogP contribution in [-0.4, -0.2) is 11.1 Å². The van der Waals surface area contributed by atoms with E-state index in [2.05, 4.69) is 39.0 Å². The molecule has 0 unspecified atom stereocenters. The van der Waals surface area contributed by atoms with Crippen LogP contribution in [0.15, 0.2) is 54.6 Å². The van der Waals surface area contributed by atoms with E-state index in [0.29, 0.717) is 12.2 Å². The number of carbonyl (C=O) groups is 1. The van der Waals surface area contributed by atoms with E-state index in [1.165, 1.54) is 11.6 Å². The van der Waals surface area contributed by atoms with Gasteiger partial charge in [-0.05, 0) is 90.1 Å². The van der Waals surface area contributed by atoms with Crippen LogP contribution in [0.5, 0.6) is 5.75 Å². The summed E-state index contributed by atoms with van der Waals surface area (Å²) in [5, 5.41) is 9.51. The summed E-state index contributed by atoms with van der Waals surface area (Å²) < 4.78 is 20.9. The summed E-state index contributed by atoms with van der Waals surface area (Å²) in [7, 11) is 0. The Morgan fingerprint density at radius 1 is 1.09 bits per heavy atom. The van der Waals surface area contributed by atoms with Gasteiger partial charge in [-0.3, -0.25) is 4.79 Å². The van der Waals surface area contributed by atoms with Gasteiger partial charge in [0.1, 0.15) is 18.2 Å². The van der Waals surface area contributed by atoms with Crippen LogP contribution in [0, 0.1) is 24.1 Å². The highest BCUT2D eigenvalue weighted by atomic mass is 19.1. The van der Waals surface area contributed by atoms with E-state index in [0.717, 1.165) is 59.3 Å². The molecule has 35 heavy (non-hydrogen) atoms. The molecular formula is C31H33FO3. The first kappa shape index (κ1) is 23.6. The van der Waals surface area contributed by atoms with Crippen LogP contribution < -0.4 is 4.74 Å². The second-order valence-corrected chi connectivity index (χ2v) is 11.6. The lowest BCUT2D eigenvalue weighted by molar-refractivity contribution is -0.139.